The molecule has 16 heavy (non-hydrogen) atoms. The van der Waals surface area contributed by atoms with Crippen LogP contribution in [0.2, 0.25) is 0 Å². The van der Waals surface area contributed by atoms with E-state index in [1.807, 2.05) is 13.8 Å². The summed E-state index contributed by atoms with van der Waals surface area (Å²) in [6.07, 6.45) is 0.859. The molecule has 0 aromatic carbocycles. The molecule has 0 saturated heterocycles. The summed E-state index contributed by atoms with van der Waals surface area (Å²) >= 11 is 3.28. The third-order valence-corrected chi connectivity index (χ3v) is 3.68. The van der Waals surface area contributed by atoms with E-state index in [2.05, 4.69) is 39.6 Å². The van der Waals surface area contributed by atoms with Crippen molar-refractivity contribution in [2.45, 2.75) is 45.9 Å². The van der Waals surface area contributed by atoms with Crippen LogP contribution < -0.4 is 0 Å². The highest BCUT2D eigenvalue weighted by molar-refractivity contribution is 9.10. The number of halogens is 1. The largest absolute Gasteiger partial charge is 0.369 e. The molecule has 0 radical (unpaired) electrons. The van der Waals surface area contributed by atoms with Crippen LogP contribution in [0, 0.1) is 11.3 Å². The molecule has 5 heteroatoms. The van der Waals surface area contributed by atoms with Crippen molar-refractivity contribution in [3.63, 3.8) is 0 Å². The SMILES string of the molecule is CC(=O)OOC(=O)C(Br)C(C)(C)CC(C)C. The monoisotopic (exact) mass is 294 g/mol. The van der Waals surface area contributed by atoms with Crippen molar-refractivity contribution < 1.29 is 19.4 Å². The van der Waals surface area contributed by atoms with Crippen molar-refractivity contribution >= 4 is 27.9 Å². The van der Waals surface area contributed by atoms with E-state index in [0.29, 0.717) is 5.92 Å². The molecule has 1 unspecified atom stereocenters. The second-order valence-corrected chi connectivity index (χ2v) is 5.84. The Morgan fingerprint density at radius 2 is 1.75 bits per heavy atom. The molecule has 0 N–H and O–H groups in total. The zero-order valence-corrected chi connectivity index (χ0v) is 12.0. The van der Waals surface area contributed by atoms with Gasteiger partial charge in [-0.15, -0.1) is 0 Å². The standard InChI is InChI=1S/C11H19BrO4/c1-7(2)6-11(4,5)9(12)10(14)16-15-8(3)13/h7,9H,6H2,1-5H3. The lowest BCUT2D eigenvalue weighted by Crippen LogP contribution is -2.34. The molecule has 0 bridgehead atoms. The summed E-state index contributed by atoms with van der Waals surface area (Å²) in [5.74, 6) is -0.757. The minimum atomic E-state index is -0.644. The van der Waals surface area contributed by atoms with E-state index in [1.165, 1.54) is 6.92 Å². The number of alkyl halides is 1. The quantitative estimate of drug-likeness (QED) is 0.454. The van der Waals surface area contributed by atoms with Crippen LogP contribution in [0.15, 0.2) is 0 Å². The summed E-state index contributed by atoms with van der Waals surface area (Å²) in [6, 6.07) is 0. The molecular weight excluding hydrogens is 276 g/mol. The average molecular weight is 295 g/mol. The molecule has 4 nitrogen and oxygen atoms in total. The maximum Gasteiger partial charge on any atom is 0.369 e. The lowest BCUT2D eigenvalue weighted by molar-refractivity contribution is -0.258. The highest BCUT2D eigenvalue weighted by Gasteiger charge is 2.35. The second kappa shape index (κ2) is 6.23. The van der Waals surface area contributed by atoms with Gasteiger partial charge >= 0.3 is 11.9 Å². The van der Waals surface area contributed by atoms with Crippen LogP contribution in [0.4, 0.5) is 0 Å². The second-order valence-electron chi connectivity index (χ2n) is 4.93. The van der Waals surface area contributed by atoms with Gasteiger partial charge in [0.15, 0.2) is 0 Å². The summed E-state index contributed by atoms with van der Waals surface area (Å²) in [4.78, 5) is 30.1. The van der Waals surface area contributed by atoms with E-state index in [4.69, 9.17) is 0 Å². The topological polar surface area (TPSA) is 52.6 Å². The predicted octanol–water partition coefficient (Wildman–Crippen LogP) is 2.84. The summed E-state index contributed by atoms with van der Waals surface area (Å²) in [5, 5.41) is 0. The molecular formula is C11H19BrO4. The van der Waals surface area contributed by atoms with Gasteiger partial charge in [-0.05, 0) is 17.8 Å². The van der Waals surface area contributed by atoms with Gasteiger partial charge in [0.1, 0.15) is 4.83 Å². The normalized spacial score (nSPS) is 13.4. The summed E-state index contributed by atoms with van der Waals surface area (Å²) in [6.45, 7) is 9.26. The van der Waals surface area contributed by atoms with Crippen LogP contribution in [0.3, 0.4) is 0 Å². The minimum absolute atomic E-state index is 0.259. The first-order valence-electron chi connectivity index (χ1n) is 5.20. The van der Waals surface area contributed by atoms with Crippen molar-refractivity contribution in [2.75, 3.05) is 0 Å². The molecule has 0 fully saturated rings. The van der Waals surface area contributed by atoms with Crippen LogP contribution in [0.1, 0.15) is 41.0 Å². The van der Waals surface area contributed by atoms with Gasteiger partial charge in [-0.3, -0.25) is 0 Å². The van der Waals surface area contributed by atoms with Crippen LogP contribution >= 0.6 is 15.9 Å². The highest BCUT2D eigenvalue weighted by Crippen LogP contribution is 2.34. The number of hydrogen-bond donors (Lipinski definition) is 0. The summed E-state index contributed by atoms with van der Waals surface area (Å²) in [5.41, 5.74) is -0.259. The zero-order valence-electron chi connectivity index (χ0n) is 10.4. The molecule has 0 amide bonds. The molecule has 0 aromatic heterocycles. The predicted molar refractivity (Wildman–Crippen MR) is 63.8 cm³/mol. The van der Waals surface area contributed by atoms with Gasteiger partial charge in [-0.25, -0.2) is 19.4 Å². The van der Waals surface area contributed by atoms with E-state index in [9.17, 15) is 9.59 Å². The van der Waals surface area contributed by atoms with Gasteiger partial charge in [0.25, 0.3) is 0 Å². The molecule has 0 aliphatic carbocycles. The highest BCUT2D eigenvalue weighted by atomic mass is 79.9. The lowest BCUT2D eigenvalue weighted by Gasteiger charge is -2.29. The Labute approximate surface area is 105 Å². The molecule has 0 spiro atoms. The van der Waals surface area contributed by atoms with Gasteiger partial charge in [-0.2, -0.15) is 0 Å². The Balaban J connectivity index is 4.35. The van der Waals surface area contributed by atoms with E-state index >= 15 is 0 Å². The molecule has 0 rings (SSSR count). The molecule has 94 valence electrons. The number of rotatable bonds is 4. The Kier molecular flexibility index (Phi) is 6.00. The maximum atomic E-state index is 11.5. The van der Waals surface area contributed by atoms with Crippen molar-refractivity contribution in [2.24, 2.45) is 11.3 Å². The van der Waals surface area contributed by atoms with Crippen molar-refractivity contribution in [1.29, 1.82) is 0 Å². The average Bonchev–Trinajstić information content (AvgIpc) is 2.10. The van der Waals surface area contributed by atoms with E-state index in [-0.39, 0.29) is 5.41 Å². The number of carbonyl (C=O) groups is 2. The Morgan fingerprint density at radius 3 is 2.12 bits per heavy atom. The van der Waals surface area contributed by atoms with Gasteiger partial charge in [0.05, 0.1) is 0 Å². The fraction of sp³-hybridized carbons (Fsp3) is 0.818. The lowest BCUT2D eigenvalue weighted by atomic mass is 9.81. The third-order valence-electron chi connectivity index (χ3n) is 2.07. The summed E-state index contributed by atoms with van der Waals surface area (Å²) in [7, 11) is 0. The number of carbonyl (C=O) groups excluding carboxylic acids is 2. The fourth-order valence-electron chi connectivity index (χ4n) is 1.62. The van der Waals surface area contributed by atoms with E-state index in [1.54, 1.807) is 0 Å². The Hall–Kier alpha value is -0.580. The van der Waals surface area contributed by atoms with Crippen LogP contribution in [-0.4, -0.2) is 16.8 Å². The first-order chi connectivity index (χ1) is 7.16. The third kappa shape index (κ3) is 5.49. The van der Waals surface area contributed by atoms with E-state index in [0.717, 1.165) is 6.42 Å². The van der Waals surface area contributed by atoms with Gasteiger partial charge in [-0.1, -0.05) is 43.6 Å². The molecule has 0 aliphatic heterocycles. The molecule has 1 atom stereocenters. The van der Waals surface area contributed by atoms with Gasteiger partial charge < -0.3 is 0 Å². The Bertz CT molecular complexity index is 261. The molecule has 0 heterocycles. The zero-order chi connectivity index (χ0) is 12.9. The van der Waals surface area contributed by atoms with Crippen molar-refractivity contribution in [3.05, 3.63) is 0 Å². The molecule has 0 saturated carbocycles. The first-order valence-corrected chi connectivity index (χ1v) is 6.11. The van der Waals surface area contributed by atoms with Gasteiger partial charge in [0, 0.05) is 6.92 Å². The van der Waals surface area contributed by atoms with Crippen LogP contribution in [0.5, 0.6) is 0 Å². The van der Waals surface area contributed by atoms with Crippen molar-refractivity contribution in [1.82, 2.24) is 0 Å². The fourth-order valence-corrected chi connectivity index (χ4v) is 1.88. The maximum absolute atomic E-state index is 11.5. The van der Waals surface area contributed by atoms with Crippen LogP contribution in [0.25, 0.3) is 0 Å². The summed E-state index contributed by atoms with van der Waals surface area (Å²) < 4.78 is 0. The van der Waals surface area contributed by atoms with Gasteiger partial charge in [0.2, 0.25) is 0 Å². The van der Waals surface area contributed by atoms with Crippen molar-refractivity contribution in [3.8, 4) is 0 Å². The smallest absolute Gasteiger partial charge is 0.248 e. The first kappa shape index (κ1) is 15.4. The minimum Gasteiger partial charge on any atom is -0.248 e. The Morgan fingerprint density at radius 1 is 1.25 bits per heavy atom. The number of hydrogen-bond acceptors (Lipinski definition) is 4. The molecule has 0 aliphatic rings. The molecule has 0 aromatic rings. The van der Waals surface area contributed by atoms with Crippen LogP contribution in [-0.2, 0) is 19.4 Å². The van der Waals surface area contributed by atoms with E-state index < -0.39 is 16.8 Å².